The number of benzene rings is 3. The summed E-state index contributed by atoms with van der Waals surface area (Å²) in [5.41, 5.74) is 1.78. The third kappa shape index (κ3) is 4.21. The van der Waals surface area contributed by atoms with E-state index < -0.39 is 8.25 Å². The third-order valence-electron chi connectivity index (χ3n) is 3.50. The van der Waals surface area contributed by atoms with E-state index in [9.17, 15) is 9.67 Å². The molecule has 1 atom stereocenters. The molecule has 3 rings (SSSR count). The summed E-state index contributed by atoms with van der Waals surface area (Å²) in [6.07, 6.45) is 0. The van der Waals surface area contributed by atoms with E-state index in [1.807, 2.05) is 42.5 Å². The van der Waals surface area contributed by atoms with Crippen molar-refractivity contribution in [2.75, 3.05) is 6.61 Å². The molecule has 0 aliphatic heterocycles. The third-order valence-corrected chi connectivity index (χ3v) is 4.41. The second-order valence-electron chi connectivity index (χ2n) is 4.97. The summed E-state index contributed by atoms with van der Waals surface area (Å²) in [6.45, 7) is 1.99. The molecule has 1 unspecified atom stereocenters. The predicted molar refractivity (Wildman–Crippen MR) is 90.1 cm³/mol. The first-order valence-electron chi connectivity index (χ1n) is 7.33. The van der Waals surface area contributed by atoms with Crippen molar-refractivity contribution < 1.29 is 48.3 Å². The van der Waals surface area contributed by atoms with E-state index in [4.69, 9.17) is 9.05 Å². The second kappa shape index (κ2) is 8.70. The van der Waals surface area contributed by atoms with Gasteiger partial charge in [0, 0.05) is 0 Å². The first-order chi connectivity index (χ1) is 11.2. The topological polar surface area (TPSA) is 58.6 Å². The van der Waals surface area contributed by atoms with Crippen molar-refractivity contribution in [2.24, 2.45) is 0 Å². The minimum atomic E-state index is -2.68. The first kappa shape index (κ1) is 19.0. The smallest absolute Gasteiger partial charge is 0.870 e. The molecule has 24 heavy (non-hydrogen) atoms. The van der Waals surface area contributed by atoms with E-state index in [0.717, 1.165) is 21.9 Å². The average Bonchev–Trinajstić information content (AvgIpc) is 2.56. The summed E-state index contributed by atoms with van der Waals surface area (Å²) in [4.78, 5) is 0. The van der Waals surface area contributed by atoms with Crippen LogP contribution in [0, 0.1) is 0 Å². The molecule has 0 bridgehead atoms. The molecular weight excluding hydrogens is 334 g/mol. The molecule has 0 aromatic heterocycles. The molecule has 0 fully saturated rings. The summed E-state index contributed by atoms with van der Waals surface area (Å²) >= 11 is 0. The molecule has 0 N–H and O–H groups in total. The predicted octanol–water partition coefficient (Wildman–Crippen LogP) is 1.39. The Hall–Kier alpha value is -1.29. The normalized spacial score (nSPS) is 11.7. The number of fused-ring (bicyclic) bond motifs is 1. The average molecular weight is 350 g/mol. The zero-order chi connectivity index (χ0) is 16.2. The molecule has 0 spiro atoms. The molecule has 0 aliphatic carbocycles. The molecule has 3 aromatic rings. The second-order valence-corrected chi connectivity index (χ2v) is 5.97. The van der Waals surface area contributed by atoms with Gasteiger partial charge in [-0.3, -0.25) is 0 Å². The molecule has 3 aromatic carbocycles. The van der Waals surface area contributed by atoms with Gasteiger partial charge < -0.3 is 14.2 Å². The Morgan fingerprint density at radius 3 is 2.54 bits per heavy atom. The fraction of sp³-hybridized carbons (Fsp3) is 0.111. The fourth-order valence-corrected chi connectivity index (χ4v) is 3.12. The van der Waals surface area contributed by atoms with Gasteiger partial charge in [0.05, 0.1) is 6.61 Å². The maximum Gasteiger partial charge on any atom is 1.00 e. The van der Waals surface area contributed by atoms with Crippen molar-refractivity contribution >= 4 is 19.0 Å². The Labute approximate surface area is 163 Å². The fourth-order valence-electron chi connectivity index (χ4n) is 2.47. The van der Waals surface area contributed by atoms with Crippen LogP contribution in [0.5, 0.6) is 11.5 Å². The summed E-state index contributed by atoms with van der Waals surface area (Å²) in [6, 6.07) is 18.8. The van der Waals surface area contributed by atoms with Crippen molar-refractivity contribution in [1.29, 1.82) is 0 Å². The van der Waals surface area contributed by atoms with Crippen LogP contribution in [-0.4, -0.2) is 6.61 Å². The van der Waals surface area contributed by atoms with Gasteiger partial charge in [-0.1, -0.05) is 60.3 Å². The van der Waals surface area contributed by atoms with E-state index in [1.54, 1.807) is 19.1 Å². The van der Waals surface area contributed by atoms with Crippen molar-refractivity contribution in [3.8, 4) is 22.6 Å². The molecule has 0 saturated carbocycles. The van der Waals surface area contributed by atoms with Crippen LogP contribution in [0.2, 0.25) is 0 Å². The van der Waals surface area contributed by atoms with Crippen LogP contribution < -0.4 is 39.2 Å². The Morgan fingerprint density at radius 1 is 1.04 bits per heavy atom. The van der Waals surface area contributed by atoms with Gasteiger partial charge in [0.25, 0.3) is 0 Å². The molecular formula is C18H16NaO4P. The van der Waals surface area contributed by atoms with Gasteiger partial charge in [-0.05, 0) is 34.9 Å². The minimum Gasteiger partial charge on any atom is -0.870 e. The van der Waals surface area contributed by atoms with E-state index in [2.05, 4.69) is 0 Å². The Morgan fingerprint density at radius 2 is 1.79 bits per heavy atom. The number of hydrogen-bond donors (Lipinski definition) is 0. The molecule has 0 saturated heterocycles. The zero-order valence-corrected chi connectivity index (χ0v) is 16.6. The van der Waals surface area contributed by atoms with Gasteiger partial charge in [-0.2, -0.15) is 0 Å². The van der Waals surface area contributed by atoms with Gasteiger partial charge in [0.2, 0.25) is 0 Å². The van der Waals surface area contributed by atoms with Gasteiger partial charge in [-0.15, -0.1) is 0 Å². The molecule has 0 aliphatic rings. The van der Waals surface area contributed by atoms with Gasteiger partial charge in [0.1, 0.15) is 5.75 Å². The first-order valence-corrected chi connectivity index (χ1v) is 8.55. The van der Waals surface area contributed by atoms with Crippen molar-refractivity contribution in [3.63, 3.8) is 0 Å². The maximum atomic E-state index is 12.2. The summed E-state index contributed by atoms with van der Waals surface area (Å²) in [5.74, 6) is -0.264. The van der Waals surface area contributed by atoms with Crippen molar-refractivity contribution in [1.82, 2.24) is 0 Å². The largest absolute Gasteiger partial charge is 1.00 e. The minimum absolute atomic E-state index is 0. The monoisotopic (exact) mass is 350 g/mol. The van der Waals surface area contributed by atoms with Crippen LogP contribution in [0.15, 0.2) is 60.7 Å². The van der Waals surface area contributed by atoms with Crippen molar-refractivity contribution in [2.45, 2.75) is 6.92 Å². The maximum absolute atomic E-state index is 12.2. The standard InChI is InChI=1S/C18H17O4P.Na/c1-2-21-23(20)22-18-11-10-14(12-17(18)19)16-9-5-7-13-6-3-4-8-15(13)16;/h3-12,19,23H,2H2,1H3;/q;+1/p-1. The molecule has 4 nitrogen and oxygen atoms in total. The number of hydrogen-bond acceptors (Lipinski definition) is 4. The molecule has 118 valence electrons. The van der Waals surface area contributed by atoms with Crippen LogP contribution in [-0.2, 0) is 9.09 Å². The van der Waals surface area contributed by atoms with E-state index in [-0.39, 0.29) is 47.7 Å². The van der Waals surface area contributed by atoms with Crippen LogP contribution in [0.25, 0.3) is 21.9 Å². The Balaban J connectivity index is 0.00000208. The van der Waals surface area contributed by atoms with Crippen LogP contribution in [0.3, 0.4) is 0 Å². The van der Waals surface area contributed by atoms with Gasteiger partial charge in [-0.25, -0.2) is 4.57 Å². The zero-order valence-electron chi connectivity index (χ0n) is 13.6. The van der Waals surface area contributed by atoms with Crippen LogP contribution in [0.1, 0.15) is 6.92 Å². The molecule has 6 heteroatoms. The van der Waals surface area contributed by atoms with E-state index in [1.165, 1.54) is 6.07 Å². The quantitative estimate of drug-likeness (QED) is 0.515. The molecule has 0 radical (unpaired) electrons. The summed E-state index contributed by atoms with van der Waals surface area (Å²) in [7, 11) is -2.68. The van der Waals surface area contributed by atoms with Gasteiger partial charge >= 0.3 is 37.8 Å². The van der Waals surface area contributed by atoms with E-state index >= 15 is 0 Å². The van der Waals surface area contributed by atoms with E-state index in [0.29, 0.717) is 0 Å². The van der Waals surface area contributed by atoms with Crippen LogP contribution >= 0.6 is 8.25 Å². The number of rotatable bonds is 5. The molecule has 0 heterocycles. The Bertz CT molecular complexity index is 861. The summed E-state index contributed by atoms with van der Waals surface area (Å²) < 4.78 is 21.4. The molecule has 0 amide bonds. The van der Waals surface area contributed by atoms with Crippen molar-refractivity contribution in [3.05, 3.63) is 60.7 Å². The Kier molecular flexibility index (Phi) is 6.90. The summed E-state index contributed by atoms with van der Waals surface area (Å²) in [5, 5.41) is 14.4. The SMILES string of the molecule is CCO[PH](=O)Oc1ccc(-c2cccc3ccccc23)cc1[O-].[Na+]. The van der Waals surface area contributed by atoms with Gasteiger partial charge in [0.15, 0.2) is 0 Å². The van der Waals surface area contributed by atoms with Crippen LogP contribution in [0.4, 0.5) is 0 Å².